The molecule has 4 aliphatic heterocycles. The third-order valence-corrected chi connectivity index (χ3v) is 17.4. The first-order valence-corrected chi connectivity index (χ1v) is 28.5. The van der Waals surface area contributed by atoms with Crippen molar-refractivity contribution in [1.82, 2.24) is 35.5 Å². The second-order valence-corrected chi connectivity index (χ2v) is 23.2. The van der Waals surface area contributed by atoms with Crippen molar-refractivity contribution >= 4 is 29.0 Å². The zero-order chi connectivity index (χ0) is 54.0. The van der Waals surface area contributed by atoms with Crippen molar-refractivity contribution in [1.29, 1.82) is 5.26 Å². The first-order valence-electron chi connectivity index (χ1n) is 28.5. The van der Waals surface area contributed by atoms with E-state index in [-0.39, 0.29) is 72.8 Å². The normalized spacial score (nSPS) is 28.2. The number of fused-ring (bicyclic) bond motifs is 2. The maximum atomic E-state index is 14.2. The number of benzene rings is 1. The Morgan fingerprint density at radius 1 is 0.885 bits per heavy atom. The number of carbonyl (C=O) groups is 2. The van der Waals surface area contributed by atoms with E-state index < -0.39 is 18.1 Å². The summed E-state index contributed by atoms with van der Waals surface area (Å²) in [4.78, 5) is 41.3. The summed E-state index contributed by atoms with van der Waals surface area (Å²) in [6, 6.07) is 16.7. The van der Waals surface area contributed by atoms with Gasteiger partial charge in [-0.2, -0.15) is 5.26 Å². The molecule has 2 amide bonds. The van der Waals surface area contributed by atoms with E-state index in [1.165, 1.54) is 4.90 Å². The lowest BCUT2D eigenvalue weighted by Gasteiger charge is -2.43. The molecule has 2 bridgehead atoms. The molecule has 19 nitrogen and oxygen atoms in total. The predicted octanol–water partition coefficient (Wildman–Crippen LogP) is 6.93. The van der Waals surface area contributed by atoms with Gasteiger partial charge in [-0.1, -0.05) is 44.2 Å². The molecular formula is C59H75N11O8. The molecule has 2 saturated carbocycles. The third-order valence-electron chi connectivity index (χ3n) is 17.4. The van der Waals surface area contributed by atoms with Crippen LogP contribution in [0.2, 0.25) is 0 Å². The van der Waals surface area contributed by atoms with E-state index in [0.29, 0.717) is 59.0 Å². The summed E-state index contributed by atoms with van der Waals surface area (Å²) < 4.78 is 25.3. The molecule has 3 unspecified atom stereocenters. The monoisotopic (exact) mass is 1070 g/mol. The number of carbonyl (C=O) groups excluding carboxylic acids is 2. The summed E-state index contributed by atoms with van der Waals surface area (Å²) in [5, 5.41) is 46.2. The highest BCUT2D eigenvalue weighted by molar-refractivity contribution is 5.91. The summed E-state index contributed by atoms with van der Waals surface area (Å²) in [6.07, 6.45) is 18.0. The fourth-order valence-corrected chi connectivity index (χ4v) is 13.2. The molecule has 1 aromatic carbocycles. The minimum absolute atomic E-state index is 0.0201. The number of phenolic OH excluding ortho intramolecular Hbond substituents is 1. The zero-order valence-corrected chi connectivity index (χ0v) is 45.1. The Bertz CT molecular complexity index is 2850. The number of piperazine rings is 1. The predicted molar refractivity (Wildman–Crippen MR) is 292 cm³/mol. The van der Waals surface area contributed by atoms with E-state index in [2.05, 4.69) is 58.6 Å². The molecule has 3 aliphatic carbocycles. The van der Waals surface area contributed by atoms with Gasteiger partial charge in [0.25, 0.3) is 5.88 Å². The zero-order valence-electron chi connectivity index (χ0n) is 45.1. The van der Waals surface area contributed by atoms with Crippen LogP contribution in [0.25, 0.3) is 11.3 Å². The average Bonchev–Trinajstić information content (AvgIpc) is 4.27. The molecular weight excluding hydrogens is 991 g/mol. The van der Waals surface area contributed by atoms with Crippen LogP contribution in [0.5, 0.6) is 17.5 Å². The van der Waals surface area contributed by atoms with E-state index in [1.807, 2.05) is 63.4 Å². The van der Waals surface area contributed by atoms with Crippen LogP contribution in [0, 0.1) is 29.1 Å². The van der Waals surface area contributed by atoms with Crippen molar-refractivity contribution in [2.45, 2.75) is 158 Å². The van der Waals surface area contributed by atoms with Crippen molar-refractivity contribution in [3.63, 3.8) is 0 Å². The van der Waals surface area contributed by atoms with Gasteiger partial charge in [-0.15, -0.1) is 10.2 Å². The molecule has 4 saturated heterocycles. The van der Waals surface area contributed by atoms with Crippen LogP contribution >= 0.6 is 0 Å². The molecule has 3 aromatic heterocycles. The fourth-order valence-electron chi connectivity index (χ4n) is 13.2. The Morgan fingerprint density at radius 2 is 1.62 bits per heavy atom. The highest BCUT2D eigenvalue weighted by Gasteiger charge is 2.45. The Morgan fingerprint density at radius 3 is 2.33 bits per heavy atom. The molecule has 78 heavy (non-hydrogen) atoms. The quantitative estimate of drug-likeness (QED) is 0.0838. The van der Waals surface area contributed by atoms with E-state index in [1.54, 1.807) is 18.2 Å². The summed E-state index contributed by atoms with van der Waals surface area (Å²) in [7, 11) is 0. The first-order chi connectivity index (χ1) is 37.8. The summed E-state index contributed by atoms with van der Waals surface area (Å²) in [5.41, 5.74) is 10.5. The second kappa shape index (κ2) is 23.3. The number of aromatic hydroxyl groups is 1. The lowest BCUT2D eigenvalue weighted by Crippen LogP contribution is -2.54. The Labute approximate surface area is 456 Å². The number of rotatable bonds is 17. The molecule has 11 rings (SSSR count). The van der Waals surface area contributed by atoms with Gasteiger partial charge >= 0.3 is 0 Å². The molecule has 0 radical (unpaired) electrons. The third kappa shape index (κ3) is 11.8. The van der Waals surface area contributed by atoms with Crippen molar-refractivity contribution in [3.8, 4) is 34.8 Å². The first kappa shape index (κ1) is 53.3. The molecule has 7 aliphatic rings. The molecule has 6 fully saturated rings. The summed E-state index contributed by atoms with van der Waals surface area (Å²) in [5.74, 6) is 0.837. The van der Waals surface area contributed by atoms with Crippen molar-refractivity contribution < 1.29 is 38.5 Å². The van der Waals surface area contributed by atoms with E-state index >= 15 is 0 Å². The number of para-hydroxylation sites is 1. The minimum Gasteiger partial charge on any atom is -0.507 e. The van der Waals surface area contributed by atoms with Crippen molar-refractivity contribution in [3.05, 3.63) is 84.3 Å². The molecule has 7 heterocycles. The number of nitrogen functional groups attached to an aromatic ring is 1. The summed E-state index contributed by atoms with van der Waals surface area (Å²) >= 11 is 0. The number of aliphatic hydroxyl groups excluding tert-OH is 1. The Kier molecular flexibility index (Phi) is 15.9. The highest BCUT2D eigenvalue weighted by atomic mass is 16.5. The number of likely N-dealkylation sites (tertiary alicyclic amines) is 2. The lowest BCUT2D eigenvalue weighted by atomic mass is 9.81. The average molecular weight is 1070 g/mol. The number of aliphatic hydroxyl groups is 1. The number of pyridine rings is 1. The fraction of sp³-hybridized carbons (Fsp3) is 0.576. The number of allylic oxidation sites excluding steroid dienone is 2. The number of β-amino-alcohol motifs (C(OH)–C–C–N with tert-alkyl or cyclic N) is 1. The van der Waals surface area contributed by atoms with Gasteiger partial charge in [0.05, 0.1) is 47.7 Å². The molecule has 7 atom stereocenters. The van der Waals surface area contributed by atoms with Crippen LogP contribution in [0.1, 0.15) is 109 Å². The van der Waals surface area contributed by atoms with E-state index in [4.69, 9.17) is 24.5 Å². The van der Waals surface area contributed by atoms with E-state index in [0.717, 1.165) is 114 Å². The van der Waals surface area contributed by atoms with Crippen LogP contribution in [0.15, 0.2) is 83.1 Å². The summed E-state index contributed by atoms with van der Waals surface area (Å²) in [6.45, 7) is 10.5. The van der Waals surface area contributed by atoms with Gasteiger partial charge in [0.2, 0.25) is 17.7 Å². The number of anilines is 3. The number of phenols is 1. The van der Waals surface area contributed by atoms with Crippen LogP contribution in [0.4, 0.5) is 17.2 Å². The van der Waals surface area contributed by atoms with Gasteiger partial charge in [0.15, 0.2) is 11.6 Å². The van der Waals surface area contributed by atoms with Gasteiger partial charge in [-0.25, -0.2) is 4.98 Å². The number of nitrogens with two attached hydrogens (primary N) is 1. The van der Waals surface area contributed by atoms with Gasteiger partial charge in [0, 0.05) is 87.4 Å². The Hall–Kier alpha value is -6.75. The number of nitrogens with one attached hydrogen (secondary N) is 1. The number of piperidine rings is 1. The van der Waals surface area contributed by atoms with Crippen LogP contribution in [-0.2, 0) is 14.3 Å². The van der Waals surface area contributed by atoms with Crippen molar-refractivity contribution in [2.24, 2.45) is 17.8 Å². The number of hydrogen-bond donors (Lipinski definition) is 4. The van der Waals surface area contributed by atoms with Crippen LogP contribution in [0.3, 0.4) is 0 Å². The highest BCUT2D eigenvalue weighted by Crippen LogP contribution is 2.41. The van der Waals surface area contributed by atoms with Gasteiger partial charge < -0.3 is 59.6 Å². The number of aromatic nitrogens is 4. The van der Waals surface area contributed by atoms with Gasteiger partial charge in [-0.3, -0.25) is 9.59 Å². The van der Waals surface area contributed by atoms with Gasteiger partial charge in [0.1, 0.15) is 29.9 Å². The van der Waals surface area contributed by atoms with E-state index in [9.17, 15) is 25.1 Å². The molecule has 414 valence electrons. The molecule has 5 N–H and O–H groups in total. The SMILES string of the molecule is CC(C)[C@H](C(=O)N1C[C@H](O)C[C@H]1C(=O)N[C@@H](C)C1=CCC(C#N)C=C1)c1cc(OC2CC(CN3CCC(OC4CCC(Oc5cc(N6C7CCC6CN(c6cc(-c8ccccc8O)nnc6N)C7)ccn5)CC4)CC3)C2)no1. The number of amides is 2. The molecule has 19 heteroatoms. The standard InChI is InChI=1S/C59H75N11O8/c1-35(2)56(59(74)69-34-43(71)27-51(69)58(73)63-36(3)39-10-8-37(30-60)9-11-39)53-29-55(66-78-53)77-47-24-38(25-47)31-67-22-19-46(20-23-67)75-44-14-16-45(17-15-44)76-54-26-40(18-21-62-54)70-41-12-13-42(70)33-68(32-41)50-28-49(64-65-57(50)61)48-6-4-5-7-52(48)72/h4-8,10-11,18,21,26,28-29,35-38,41-47,51,56,71-72H,9,12-17,19-20,22-25,27,31-34H2,1-3H3,(H2,61,65)(H,63,73)/t36-,37?,38?,41?,42?,43+,44?,45?,47?,51-,56-/m0/s1. The topological polar surface area (TPSA) is 242 Å². The number of ether oxygens (including phenoxy) is 3. The number of nitrogens with zero attached hydrogens (tertiary/aromatic N) is 9. The van der Waals surface area contributed by atoms with Gasteiger partial charge in [-0.05, 0) is 124 Å². The second-order valence-electron chi connectivity index (χ2n) is 23.2. The smallest absolute Gasteiger partial charge is 0.254 e. The van der Waals surface area contributed by atoms with Crippen molar-refractivity contribution in [2.75, 3.05) is 54.8 Å². The maximum absolute atomic E-state index is 14.2. The molecule has 4 aromatic rings. The van der Waals surface area contributed by atoms with Crippen LogP contribution in [-0.4, -0.2) is 146 Å². The number of nitriles is 1. The Balaban J connectivity index is 0.587. The largest absolute Gasteiger partial charge is 0.507 e. The lowest BCUT2D eigenvalue weighted by molar-refractivity contribution is -0.141. The maximum Gasteiger partial charge on any atom is 0.254 e. The van der Waals surface area contributed by atoms with Crippen LogP contribution < -0.4 is 30.3 Å². The minimum atomic E-state index is -0.827. The number of hydrogen-bond acceptors (Lipinski definition) is 17. The molecule has 0 spiro atoms.